The van der Waals surface area contributed by atoms with E-state index in [4.69, 9.17) is 5.73 Å². The maximum Gasteiger partial charge on any atom is 0.0698 e. The lowest BCUT2D eigenvalue weighted by atomic mass is 9.71. The lowest BCUT2D eigenvalue weighted by Crippen LogP contribution is -2.40. The summed E-state index contributed by atoms with van der Waals surface area (Å²) in [6.45, 7) is 0.622. The molecule has 84 valence electrons. The number of aromatic nitrogens is 2. The van der Waals surface area contributed by atoms with Crippen molar-refractivity contribution in [1.29, 1.82) is 0 Å². The molecule has 1 fully saturated rings. The number of aliphatic hydroxyl groups is 1. The van der Waals surface area contributed by atoms with Crippen LogP contribution >= 0.6 is 0 Å². The zero-order chi connectivity index (χ0) is 10.9. The van der Waals surface area contributed by atoms with Crippen LogP contribution in [0.5, 0.6) is 0 Å². The van der Waals surface area contributed by atoms with Gasteiger partial charge in [-0.1, -0.05) is 0 Å². The van der Waals surface area contributed by atoms with E-state index in [1.165, 1.54) is 0 Å². The molecule has 1 aromatic heterocycles. The number of rotatable bonds is 2. The fourth-order valence-electron chi connectivity index (χ4n) is 2.42. The molecule has 0 unspecified atom stereocenters. The average molecular weight is 209 g/mol. The van der Waals surface area contributed by atoms with Gasteiger partial charge in [0.1, 0.15) is 0 Å². The molecule has 4 nitrogen and oxygen atoms in total. The van der Waals surface area contributed by atoms with E-state index in [-0.39, 0.29) is 11.5 Å². The van der Waals surface area contributed by atoms with Crippen molar-refractivity contribution in [2.24, 2.45) is 12.8 Å². The van der Waals surface area contributed by atoms with E-state index in [9.17, 15) is 5.11 Å². The standard InChI is InChI=1S/C11H19N3O/c1-14-7-4-10(13-14)11(8-12)5-2-9(15)3-6-11/h4,7,9,15H,2-3,5-6,8,12H2,1H3. The first-order valence-electron chi connectivity index (χ1n) is 5.54. The van der Waals surface area contributed by atoms with Gasteiger partial charge in [-0.3, -0.25) is 4.68 Å². The van der Waals surface area contributed by atoms with Gasteiger partial charge in [-0.2, -0.15) is 5.10 Å². The van der Waals surface area contributed by atoms with Crippen molar-refractivity contribution in [3.8, 4) is 0 Å². The molecule has 0 radical (unpaired) electrons. The minimum atomic E-state index is -0.145. The van der Waals surface area contributed by atoms with Gasteiger partial charge in [-0.15, -0.1) is 0 Å². The lowest BCUT2D eigenvalue weighted by molar-refractivity contribution is 0.0960. The highest BCUT2D eigenvalue weighted by Crippen LogP contribution is 2.37. The van der Waals surface area contributed by atoms with Crippen LogP contribution in [0.15, 0.2) is 12.3 Å². The Morgan fingerprint density at radius 1 is 1.60 bits per heavy atom. The Hall–Kier alpha value is -0.870. The molecule has 0 spiro atoms. The van der Waals surface area contributed by atoms with Gasteiger partial charge in [0.15, 0.2) is 0 Å². The van der Waals surface area contributed by atoms with Gasteiger partial charge in [0.2, 0.25) is 0 Å². The van der Waals surface area contributed by atoms with E-state index in [1.54, 1.807) is 0 Å². The van der Waals surface area contributed by atoms with Crippen LogP contribution < -0.4 is 5.73 Å². The average Bonchev–Trinajstić information content (AvgIpc) is 2.67. The molecular weight excluding hydrogens is 190 g/mol. The molecule has 1 aliphatic rings. The molecule has 1 aromatic rings. The van der Waals surface area contributed by atoms with Crippen molar-refractivity contribution in [2.75, 3.05) is 6.54 Å². The predicted octanol–water partition coefficient (Wildman–Crippen LogP) is 0.551. The first kappa shape index (κ1) is 10.6. The second kappa shape index (κ2) is 3.94. The van der Waals surface area contributed by atoms with E-state index in [2.05, 4.69) is 5.10 Å². The quantitative estimate of drug-likeness (QED) is 0.747. The maximum absolute atomic E-state index is 9.52. The number of nitrogens with two attached hydrogens (primary N) is 1. The van der Waals surface area contributed by atoms with Gasteiger partial charge in [0.05, 0.1) is 11.8 Å². The molecule has 0 atom stereocenters. The molecule has 0 amide bonds. The smallest absolute Gasteiger partial charge is 0.0698 e. The Kier molecular flexibility index (Phi) is 2.80. The summed E-state index contributed by atoms with van der Waals surface area (Å²) in [6, 6.07) is 2.05. The molecule has 0 bridgehead atoms. The van der Waals surface area contributed by atoms with Crippen molar-refractivity contribution in [2.45, 2.75) is 37.2 Å². The van der Waals surface area contributed by atoms with Gasteiger partial charge in [0, 0.05) is 25.2 Å². The molecule has 0 aliphatic heterocycles. The van der Waals surface area contributed by atoms with Gasteiger partial charge >= 0.3 is 0 Å². The molecule has 0 aromatic carbocycles. The van der Waals surface area contributed by atoms with Crippen LogP contribution in [0.2, 0.25) is 0 Å². The normalized spacial score (nSPS) is 31.8. The molecule has 2 rings (SSSR count). The SMILES string of the molecule is Cn1ccc(C2(CN)CCC(O)CC2)n1. The van der Waals surface area contributed by atoms with E-state index in [0.29, 0.717) is 6.54 Å². The summed E-state index contributed by atoms with van der Waals surface area (Å²) < 4.78 is 1.82. The molecule has 1 heterocycles. The predicted molar refractivity (Wildman–Crippen MR) is 58.4 cm³/mol. The van der Waals surface area contributed by atoms with E-state index >= 15 is 0 Å². The number of hydrogen-bond donors (Lipinski definition) is 2. The fraction of sp³-hybridized carbons (Fsp3) is 0.727. The Morgan fingerprint density at radius 3 is 2.73 bits per heavy atom. The molecule has 4 heteroatoms. The highest BCUT2D eigenvalue weighted by Gasteiger charge is 2.36. The number of aryl methyl sites for hydroxylation is 1. The van der Waals surface area contributed by atoms with Crippen molar-refractivity contribution < 1.29 is 5.11 Å². The van der Waals surface area contributed by atoms with E-state index < -0.39 is 0 Å². The van der Waals surface area contributed by atoms with Crippen LogP contribution in [0.1, 0.15) is 31.4 Å². The zero-order valence-electron chi connectivity index (χ0n) is 9.19. The zero-order valence-corrected chi connectivity index (χ0v) is 9.19. The largest absolute Gasteiger partial charge is 0.393 e. The topological polar surface area (TPSA) is 64.1 Å². The van der Waals surface area contributed by atoms with Crippen molar-refractivity contribution >= 4 is 0 Å². The second-order valence-electron chi connectivity index (χ2n) is 4.59. The molecule has 1 saturated carbocycles. The van der Waals surface area contributed by atoms with Gasteiger partial charge in [0.25, 0.3) is 0 Å². The van der Waals surface area contributed by atoms with Gasteiger partial charge < -0.3 is 10.8 Å². The summed E-state index contributed by atoms with van der Waals surface area (Å²) in [4.78, 5) is 0. The summed E-state index contributed by atoms with van der Waals surface area (Å²) >= 11 is 0. The Bertz CT molecular complexity index is 326. The summed E-state index contributed by atoms with van der Waals surface area (Å²) in [5.41, 5.74) is 6.98. The van der Waals surface area contributed by atoms with Crippen LogP contribution in [-0.2, 0) is 12.5 Å². The van der Waals surface area contributed by atoms with Gasteiger partial charge in [-0.25, -0.2) is 0 Å². The summed E-state index contributed by atoms with van der Waals surface area (Å²) in [7, 11) is 1.92. The van der Waals surface area contributed by atoms with E-state index in [1.807, 2.05) is 24.0 Å². The first-order chi connectivity index (χ1) is 7.16. The third kappa shape index (κ3) is 1.92. The van der Waals surface area contributed by atoms with Crippen LogP contribution in [0, 0.1) is 0 Å². The van der Waals surface area contributed by atoms with Crippen LogP contribution in [-0.4, -0.2) is 27.5 Å². The molecule has 3 N–H and O–H groups in total. The highest BCUT2D eigenvalue weighted by atomic mass is 16.3. The molecule has 1 aliphatic carbocycles. The minimum absolute atomic E-state index is 0.000486. The summed E-state index contributed by atoms with van der Waals surface area (Å²) in [6.07, 6.45) is 5.39. The first-order valence-corrected chi connectivity index (χ1v) is 5.54. The van der Waals surface area contributed by atoms with Gasteiger partial charge in [-0.05, 0) is 31.7 Å². The summed E-state index contributed by atoms with van der Waals surface area (Å²) in [5, 5.41) is 14.0. The van der Waals surface area contributed by atoms with Crippen molar-refractivity contribution in [1.82, 2.24) is 9.78 Å². The van der Waals surface area contributed by atoms with Crippen LogP contribution in [0.25, 0.3) is 0 Å². The third-order valence-corrected chi connectivity index (χ3v) is 3.56. The Morgan fingerprint density at radius 2 is 2.27 bits per heavy atom. The number of hydrogen-bond acceptors (Lipinski definition) is 3. The number of aliphatic hydroxyl groups excluding tert-OH is 1. The molecule has 15 heavy (non-hydrogen) atoms. The third-order valence-electron chi connectivity index (χ3n) is 3.56. The molecular formula is C11H19N3O. The monoisotopic (exact) mass is 209 g/mol. The Labute approximate surface area is 90.1 Å². The number of nitrogens with zero attached hydrogens (tertiary/aromatic N) is 2. The lowest BCUT2D eigenvalue weighted by Gasteiger charge is -2.36. The molecule has 0 saturated heterocycles. The maximum atomic E-state index is 9.52. The second-order valence-corrected chi connectivity index (χ2v) is 4.59. The minimum Gasteiger partial charge on any atom is -0.393 e. The highest BCUT2D eigenvalue weighted by molar-refractivity contribution is 5.17. The summed E-state index contributed by atoms with van der Waals surface area (Å²) in [5.74, 6) is 0. The van der Waals surface area contributed by atoms with Crippen molar-refractivity contribution in [3.63, 3.8) is 0 Å². The van der Waals surface area contributed by atoms with Crippen LogP contribution in [0.4, 0.5) is 0 Å². The fourth-order valence-corrected chi connectivity index (χ4v) is 2.42. The Balaban J connectivity index is 2.22. The van der Waals surface area contributed by atoms with Crippen LogP contribution in [0.3, 0.4) is 0 Å². The van der Waals surface area contributed by atoms with E-state index in [0.717, 1.165) is 31.4 Å². The van der Waals surface area contributed by atoms with Crippen molar-refractivity contribution in [3.05, 3.63) is 18.0 Å².